The molecule has 26 nitrogen and oxygen atoms in total. The van der Waals surface area contributed by atoms with E-state index in [1.165, 1.54) is 61.5 Å². The Morgan fingerprint density at radius 2 is 1.22 bits per heavy atom. The Morgan fingerprint density at radius 1 is 0.644 bits per heavy atom. The van der Waals surface area contributed by atoms with Crippen molar-refractivity contribution in [3.05, 3.63) is 82.5 Å². The Balaban J connectivity index is 1.20. The van der Waals surface area contributed by atoms with Gasteiger partial charge in [0.25, 0.3) is 0 Å². The number of hydrogen-bond donors (Lipinski definition) is 14. The molecule has 1 aromatic heterocycles. The fourth-order valence-electron chi connectivity index (χ4n) is 8.52. The number of esters is 1. The molecule has 398 valence electrons. The molecule has 4 aromatic rings. The molecule has 4 fully saturated rings. The SMILES string of the molecule is C[C@@H]1O[C@@H](Oc2c(-c3ccc(O)cc3)oc3cc(O)cc(O)c3c2=O)[C@H](O[C@@H]2O[C@H](CO)[C@@H](O)[C@H](O)[C@H]2O)[C@H](O[C@@H]2O[C@H](COC(=O)/C=C/c3ccc(O)cc3)[C@@H](O)[C@H](O)[C@H]2O)[C@H]1O[C@@H]1OC[C@@H](O)[C@H](O)[C@H]1O. The highest BCUT2D eigenvalue weighted by molar-refractivity contribution is 5.88. The van der Waals surface area contributed by atoms with Crippen molar-refractivity contribution in [3.63, 3.8) is 0 Å². The van der Waals surface area contributed by atoms with Crippen molar-refractivity contribution in [1.29, 1.82) is 0 Å². The zero-order valence-corrected chi connectivity index (χ0v) is 38.2. The molecule has 0 radical (unpaired) electrons. The van der Waals surface area contributed by atoms with Crippen LogP contribution >= 0.6 is 0 Å². The molecular formula is C47H54O26. The van der Waals surface area contributed by atoms with Crippen LogP contribution in [-0.4, -0.2) is 214 Å². The van der Waals surface area contributed by atoms with Crippen LogP contribution in [0.25, 0.3) is 28.4 Å². The average Bonchev–Trinajstić information content (AvgIpc) is 3.36. The minimum Gasteiger partial charge on any atom is -0.508 e. The van der Waals surface area contributed by atoms with Crippen LogP contribution in [0.3, 0.4) is 0 Å². The van der Waals surface area contributed by atoms with Gasteiger partial charge in [-0.05, 0) is 55.0 Å². The van der Waals surface area contributed by atoms with Crippen LogP contribution in [0.4, 0.5) is 0 Å². The molecule has 26 heteroatoms. The Labute approximate surface area is 411 Å². The third-order valence-electron chi connectivity index (χ3n) is 12.5. The summed E-state index contributed by atoms with van der Waals surface area (Å²) in [6.07, 6.45) is -34.2. The summed E-state index contributed by atoms with van der Waals surface area (Å²) in [4.78, 5) is 27.4. The van der Waals surface area contributed by atoms with Crippen LogP contribution in [0.5, 0.6) is 28.7 Å². The second-order valence-corrected chi connectivity index (χ2v) is 17.6. The summed E-state index contributed by atoms with van der Waals surface area (Å²) in [5, 5.41) is 149. The number of hydrogen-bond acceptors (Lipinski definition) is 26. The first kappa shape index (κ1) is 53.7. The van der Waals surface area contributed by atoms with Crippen LogP contribution in [0.15, 0.2) is 76.0 Å². The summed E-state index contributed by atoms with van der Waals surface area (Å²) in [6.45, 7) is -0.998. The van der Waals surface area contributed by atoms with E-state index in [1.807, 2.05) is 0 Å². The van der Waals surface area contributed by atoms with Gasteiger partial charge < -0.3 is 119 Å². The Kier molecular flexibility index (Phi) is 16.5. The Morgan fingerprint density at radius 3 is 1.86 bits per heavy atom. The largest absolute Gasteiger partial charge is 0.508 e. The normalized spacial score (nSPS) is 36.0. The number of fused-ring (bicyclic) bond motifs is 1. The van der Waals surface area contributed by atoms with Gasteiger partial charge >= 0.3 is 5.97 Å². The third-order valence-corrected chi connectivity index (χ3v) is 12.5. The van der Waals surface area contributed by atoms with Gasteiger partial charge in [0, 0.05) is 23.8 Å². The van der Waals surface area contributed by atoms with Crippen molar-refractivity contribution in [2.75, 3.05) is 19.8 Å². The van der Waals surface area contributed by atoms with Crippen LogP contribution in [-0.2, 0) is 42.7 Å². The highest BCUT2D eigenvalue weighted by Gasteiger charge is 2.57. The second kappa shape index (κ2) is 22.5. The lowest BCUT2D eigenvalue weighted by atomic mass is 9.95. The van der Waals surface area contributed by atoms with Crippen LogP contribution in [0.2, 0.25) is 0 Å². The van der Waals surface area contributed by atoms with Crippen molar-refractivity contribution < 1.29 is 123 Å². The monoisotopic (exact) mass is 1030 g/mol. The summed E-state index contributed by atoms with van der Waals surface area (Å²) in [6, 6.07) is 12.7. The summed E-state index contributed by atoms with van der Waals surface area (Å²) in [7, 11) is 0. The van der Waals surface area contributed by atoms with Gasteiger partial charge in [-0.15, -0.1) is 0 Å². The zero-order chi connectivity index (χ0) is 52.6. The first-order valence-corrected chi connectivity index (χ1v) is 22.6. The van der Waals surface area contributed by atoms with E-state index >= 15 is 0 Å². The van der Waals surface area contributed by atoms with E-state index in [1.54, 1.807) is 0 Å². The molecule has 19 atom stereocenters. The van der Waals surface area contributed by atoms with Gasteiger partial charge in [-0.25, -0.2) is 4.79 Å². The number of phenols is 4. The maximum absolute atomic E-state index is 14.6. The number of aliphatic hydroxyl groups excluding tert-OH is 10. The van der Waals surface area contributed by atoms with Crippen molar-refractivity contribution in [2.24, 2.45) is 0 Å². The fourth-order valence-corrected chi connectivity index (χ4v) is 8.52. The molecule has 4 aliphatic rings. The third kappa shape index (κ3) is 11.4. The van der Waals surface area contributed by atoms with E-state index in [0.717, 1.165) is 18.2 Å². The number of phenolic OH excluding ortho intramolecular Hbond substituents is 4. The summed E-state index contributed by atoms with van der Waals surface area (Å²) in [5.74, 6) is -3.65. The number of carbonyl (C=O) groups excluding carboxylic acids is 1. The molecule has 4 aliphatic heterocycles. The highest BCUT2D eigenvalue weighted by Crippen LogP contribution is 2.41. The molecule has 5 heterocycles. The Hall–Kier alpha value is -5.60. The molecule has 0 spiro atoms. The second-order valence-electron chi connectivity index (χ2n) is 17.6. The number of ether oxygens (including phenoxy) is 9. The lowest BCUT2D eigenvalue weighted by molar-refractivity contribution is -0.396. The molecule has 0 unspecified atom stereocenters. The molecule has 8 rings (SSSR count). The predicted molar refractivity (Wildman–Crippen MR) is 239 cm³/mol. The van der Waals surface area contributed by atoms with E-state index in [0.29, 0.717) is 5.56 Å². The number of aromatic hydroxyl groups is 4. The van der Waals surface area contributed by atoms with Gasteiger partial charge in [0.15, 0.2) is 30.7 Å². The molecule has 0 saturated carbocycles. The number of carbonyl (C=O) groups is 1. The average molecular weight is 1030 g/mol. The van der Waals surface area contributed by atoms with Crippen LogP contribution < -0.4 is 10.2 Å². The maximum atomic E-state index is 14.6. The van der Waals surface area contributed by atoms with Crippen LogP contribution in [0.1, 0.15) is 12.5 Å². The van der Waals surface area contributed by atoms with Gasteiger partial charge in [-0.2, -0.15) is 0 Å². The summed E-state index contributed by atoms with van der Waals surface area (Å²) in [5.41, 5.74) is -0.910. The van der Waals surface area contributed by atoms with Gasteiger partial charge in [-0.1, -0.05) is 12.1 Å². The molecule has 3 aromatic carbocycles. The lowest BCUT2D eigenvalue weighted by Gasteiger charge is -2.50. The van der Waals surface area contributed by atoms with E-state index < -0.39 is 176 Å². The van der Waals surface area contributed by atoms with Crippen molar-refractivity contribution in [1.82, 2.24) is 0 Å². The smallest absolute Gasteiger partial charge is 0.330 e. The van der Waals surface area contributed by atoms with E-state index in [2.05, 4.69) is 0 Å². The fraction of sp³-hybridized carbons (Fsp3) is 0.489. The van der Waals surface area contributed by atoms with Crippen molar-refractivity contribution >= 4 is 23.0 Å². The van der Waals surface area contributed by atoms with E-state index in [-0.39, 0.29) is 22.6 Å². The minimum atomic E-state index is -2.19. The number of rotatable bonds is 14. The molecule has 0 bridgehead atoms. The van der Waals surface area contributed by atoms with Gasteiger partial charge in [-0.3, -0.25) is 4.79 Å². The maximum Gasteiger partial charge on any atom is 0.330 e. The molecule has 14 N–H and O–H groups in total. The van der Waals surface area contributed by atoms with E-state index in [9.17, 15) is 81.1 Å². The van der Waals surface area contributed by atoms with Crippen molar-refractivity contribution in [3.8, 4) is 40.1 Å². The molecule has 0 aliphatic carbocycles. The predicted octanol–water partition coefficient (Wildman–Crippen LogP) is -3.14. The standard InChI is InChI=1S/C47H54O26/c1-17-39(70-44-36(61)30(55)24(53)15-65-44)42(72-46-38(63)35(60)32(57)27(69-46)16-64-28(54)11-4-18-2-7-20(49)8-3-18)43(73-45-37(62)34(59)31(56)26(14-48)68-45)47(66-17)71-41-33(58)29-23(52)12-22(51)13-25(29)67-40(41)19-5-9-21(50)10-6-19/h2-13,17,24,26-27,30-32,34-39,42-53,55-57,59-63H,14-16H2,1H3/b11-4+/t17-,24+,26+,27+,30-,31+,32+,34-,35-,36+,37+,38+,39-,42+,43+,44-,45-,46-,47-/m0/s1. The molecular weight excluding hydrogens is 980 g/mol. The molecule has 4 saturated heterocycles. The Bertz CT molecular complexity index is 2610. The number of benzene rings is 3. The first-order valence-electron chi connectivity index (χ1n) is 22.6. The quantitative estimate of drug-likeness (QED) is 0.0438. The number of aliphatic hydroxyl groups is 10. The van der Waals surface area contributed by atoms with E-state index in [4.69, 9.17) is 47.0 Å². The van der Waals surface area contributed by atoms with Crippen LogP contribution in [0, 0.1) is 0 Å². The lowest BCUT2D eigenvalue weighted by Crippen LogP contribution is -2.68. The minimum absolute atomic E-state index is 0.0249. The first-order chi connectivity index (χ1) is 34.7. The van der Waals surface area contributed by atoms with Gasteiger partial charge in [0.2, 0.25) is 17.5 Å². The highest BCUT2D eigenvalue weighted by atomic mass is 16.8. The summed E-state index contributed by atoms with van der Waals surface area (Å²) < 4.78 is 59.8. The van der Waals surface area contributed by atoms with Crippen molar-refractivity contribution in [2.45, 2.75) is 124 Å². The van der Waals surface area contributed by atoms with Gasteiger partial charge in [0.05, 0.1) is 19.3 Å². The molecule has 73 heavy (non-hydrogen) atoms. The summed E-state index contributed by atoms with van der Waals surface area (Å²) >= 11 is 0. The topological polar surface area (TPSA) is 414 Å². The van der Waals surface area contributed by atoms with Gasteiger partial charge in [0.1, 0.15) is 120 Å². The molecule has 0 amide bonds. The zero-order valence-electron chi connectivity index (χ0n) is 38.2.